The van der Waals surface area contributed by atoms with Gasteiger partial charge in [-0.2, -0.15) is 13.2 Å². The maximum atomic E-state index is 14.5. The van der Waals surface area contributed by atoms with Crippen molar-refractivity contribution >= 4 is 17.4 Å². The number of hydroxylamine groups is 1. The Bertz CT molecular complexity index is 1450. The van der Waals surface area contributed by atoms with E-state index in [0.29, 0.717) is 26.1 Å². The maximum Gasteiger partial charge on any atom is 0.416 e. The van der Waals surface area contributed by atoms with Crippen LogP contribution in [0.5, 0.6) is 5.75 Å². The zero-order chi connectivity index (χ0) is 29.1. The Morgan fingerprint density at radius 2 is 1.68 bits per heavy atom. The molecule has 5 rings (SSSR count). The normalized spacial score (nSPS) is 19.4. The molecule has 11 heteroatoms. The largest absolute Gasteiger partial charge is 0.488 e. The summed E-state index contributed by atoms with van der Waals surface area (Å²) in [6.45, 7) is 0.735. The first-order chi connectivity index (χ1) is 19.7. The van der Waals surface area contributed by atoms with Gasteiger partial charge in [-0.15, -0.1) is 0 Å². The Morgan fingerprint density at radius 3 is 2.32 bits per heavy atom. The van der Waals surface area contributed by atoms with Crippen LogP contribution >= 0.6 is 0 Å². The summed E-state index contributed by atoms with van der Waals surface area (Å²) in [7, 11) is 0. The molecule has 1 amide bonds. The summed E-state index contributed by atoms with van der Waals surface area (Å²) < 4.78 is 65.8. The summed E-state index contributed by atoms with van der Waals surface area (Å²) in [4.78, 5) is 28.3. The number of nitrogens with one attached hydrogen (secondary N) is 1. The quantitative estimate of drug-likeness (QED) is 0.170. The van der Waals surface area contributed by atoms with Crippen molar-refractivity contribution in [2.45, 2.75) is 37.7 Å². The molecule has 1 unspecified atom stereocenters. The van der Waals surface area contributed by atoms with Crippen LogP contribution in [-0.4, -0.2) is 41.1 Å². The predicted molar refractivity (Wildman–Crippen MR) is 139 cm³/mol. The van der Waals surface area contributed by atoms with Gasteiger partial charge in [0.25, 0.3) is 11.7 Å². The van der Waals surface area contributed by atoms with Crippen LogP contribution in [-0.2, 0) is 27.1 Å². The molecular weight excluding hydrogens is 544 g/mol. The van der Waals surface area contributed by atoms with Gasteiger partial charge in [0.2, 0.25) is 0 Å². The van der Waals surface area contributed by atoms with E-state index < -0.39 is 41.3 Å². The number of ketones is 1. The Balaban J connectivity index is 1.65. The van der Waals surface area contributed by atoms with Crippen LogP contribution in [0.25, 0.3) is 5.70 Å². The predicted octanol–water partition coefficient (Wildman–Crippen LogP) is 5.45. The van der Waals surface area contributed by atoms with Crippen molar-refractivity contribution in [1.82, 2.24) is 10.4 Å². The van der Waals surface area contributed by atoms with Crippen molar-refractivity contribution in [3.05, 3.63) is 106 Å². The zero-order valence-corrected chi connectivity index (χ0v) is 21.7. The molecule has 214 valence electrons. The third-order valence-electron chi connectivity index (χ3n) is 7.19. The van der Waals surface area contributed by atoms with E-state index >= 15 is 0 Å². The van der Waals surface area contributed by atoms with Crippen LogP contribution in [0.15, 0.2) is 78.4 Å². The minimum atomic E-state index is -4.59. The highest BCUT2D eigenvalue weighted by molar-refractivity contribution is 6.47. The summed E-state index contributed by atoms with van der Waals surface area (Å²) >= 11 is 0. The van der Waals surface area contributed by atoms with Gasteiger partial charge in [0.1, 0.15) is 18.2 Å². The second-order valence-corrected chi connectivity index (χ2v) is 9.72. The molecule has 2 aliphatic heterocycles. The lowest BCUT2D eigenvalue weighted by Gasteiger charge is -2.35. The first-order valence-electron chi connectivity index (χ1n) is 12.9. The molecule has 7 nitrogen and oxygen atoms in total. The standard InChI is InChI=1S/C30H26F4N2O5/c31-21-10-11-24(41-17-18-4-2-1-3-5-18)23(16-21)26(35-39)25-27(19-6-8-20(9-7-19)30(32,33)34)36(29(38)28(25)37)22-12-14-40-15-13-22/h1-11,16,22,27,35,39H,12-15,17H2/b26-25+. The molecular formula is C30H26F4N2O5. The smallest absolute Gasteiger partial charge is 0.416 e. The van der Waals surface area contributed by atoms with Gasteiger partial charge in [-0.1, -0.05) is 42.5 Å². The molecule has 2 N–H and O–H groups in total. The van der Waals surface area contributed by atoms with Crippen molar-refractivity contribution < 1.29 is 41.8 Å². The highest BCUT2D eigenvalue weighted by atomic mass is 19.4. The summed E-state index contributed by atoms with van der Waals surface area (Å²) in [5.41, 5.74) is 1.52. The van der Waals surface area contributed by atoms with Crippen LogP contribution in [0.1, 0.15) is 41.1 Å². The number of benzene rings is 3. The van der Waals surface area contributed by atoms with Crippen molar-refractivity contribution in [3.8, 4) is 5.75 Å². The number of amides is 1. The lowest BCUT2D eigenvalue weighted by Crippen LogP contribution is -2.42. The van der Waals surface area contributed by atoms with Crippen LogP contribution in [0.3, 0.4) is 0 Å². The van der Waals surface area contributed by atoms with E-state index in [9.17, 15) is 32.4 Å². The van der Waals surface area contributed by atoms with Crippen molar-refractivity contribution in [3.63, 3.8) is 0 Å². The molecule has 0 spiro atoms. The number of nitrogens with zero attached hydrogens (tertiary/aromatic N) is 1. The Hall–Kier alpha value is -4.22. The molecule has 2 aliphatic rings. The fourth-order valence-electron chi connectivity index (χ4n) is 5.21. The fraction of sp³-hybridized carbons (Fsp3) is 0.267. The molecule has 41 heavy (non-hydrogen) atoms. The van der Waals surface area contributed by atoms with Gasteiger partial charge < -0.3 is 14.4 Å². The van der Waals surface area contributed by atoms with E-state index in [-0.39, 0.29) is 34.8 Å². The Morgan fingerprint density at radius 1 is 1.00 bits per heavy atom. The van der Waals surface area contributed by atoms with E-state index in [0.717, 1.165) is 29.8 Å². The van der Waals surface area contributed by atoms with E-state index in [1.807, 2.05) is 35.8 Å². The molecule has 2 heterocycles. The van der Waals surface area contributed by atoms with Gasteiger partial charge in [-0.3, -0.25) is 20.3 Å². The summed E-state index contributed by atoms with van der Waals surface area (Å²) in [5.74, 6) is -2.45. The third kappa shape index (κ3) is 5.82. The highest BCUT2D eigenvalue weighted by Gasteiger charge is 2.49. The molecule has 0 bridgehead atoms. The van der Waals surface area contributed by atoms with Gasteiger partial charge in [0.05, 0.1) is 22.9 Å². The van der Waals surface area contributed by atoms with Gasteiger partial charge in [-0.05, 0) is 54.3 Å². The van der Waals surface area contributed by atoms with Crippen LogP contribution < -0.4 is 10.2 Å². The molecule has 1 atom stereocenters. The molecule has 0 aromatic heterocycles. The number of Topliss-reactive ketones (excluding diaryl/α,β-unsaturated/α-hetero) is 1. The summed E-state index contributed by atoms with van der Waals surface area (Å²) in [6.07, 6.45) is -3.79. The molecule has 2 saturated heterocycles. The fourth-order valence-corrected chi connectivity index (χ4v) is 5.21. The lowest BCUT2D eigenvalue weighted by atomic mass is 9.92. The Labute approximate surface area is 232 Å². The number of hydrogen-bond acceptors (Lipinski definition) is 6. The molecule has 2 fully saturated rings. The highest BCUT2D eigenvalue weighted by Crippen LogP contribution is 2.44. The average molecular weight is 571 g/mol. The topological polar surface area (TPSA) is 88.1 Å². The van der Waals surface area contributed by atoms with E-state index in [1.54, 1.807) is 0 Å². The van der Waals surface area contributed by atoms with Gasteiger partial charge in [-0.25, -0.2) is 4.39 Å². The molecule has 3 aromatic rings. The number of rotatable bonds is 7. The van der Waals surface area contributed by atoms with Crippen molar-refractivity contribution in [2.24, 2.45) is 0 Å². The monoisotopic (exact) mass is 570 g/mol. The first kappa shape index (κ1) is 28.3. The number of halogens is 4. The maximum absolute atomic E-state index is 14.5. The number of ether oxygens (including phenoxy) is 2. The zero-order valence-electron chi connectivity index (χ0n) is 21.7. The van der Waals surface area contributed by atoms with Crippen molar-refractivity contribution in [2.75, 3.05) is 13.2 Å². The molecule has 3 aromatic carbocycles. The number of hydrogen-bond donors (Lipinski definition) is 2. The van der Waals surface area contributed by atoms with Crippen LogP contribution in [0.4, 0.5) is 17.6 Å². The van der Waals surface area contributed by atoms with Gasteiger partial charge in [0, 0.05) is 24.8 Å². The van der Waals surface area contributed by atoms with E-state index in [2.05, 4.69) is 0 Å². The second kappa shape index (κ2) is 11.7. The third-order valence-corrected chi connectivity index (χ3v) is 7.19. The number of alkyl halides is 3. The van der Waals surface area contributed by atoms with Crippen LogP contribution in [0.2, 0.25) is 0 Å². The summed E-state index contributed by atoms with van der Waals surface area (Å²) in [5, 5.41) is 10.3. The molecule has 0 saturated carbocycles. The first-order valence-corrected chi connectivity index (χ1v) is 12.9. The van der Waals surface area contributed by atoms with E-state index in [4.69, 9.17) is 9.47 Å². The molecule has 0 radical (unpaired) electrons. The SMILES string of the molecule is O=C1C(=O)N(C2CCOCC2)C(c2ccc(C(F)(F)F)cc2)/C1=C(\NO)c1cc(F)ccc1OCc1ccccc1. The lowest BCUT2D eigenvalue weighted by molar-refractivity contribution is -0.142. The minimum Gasteiger partial charge on any atom is -0.488 e. The van der Waals surface area contributed by atoms with E-state index in [1.165, 1.54) is 23.1 Å². The van der Waals surface area contributed by atoms with Gasteiger partial charge >= 0.3 is 6.18 Å². The minimum absolute atomic E-state index is 0.0367. The van der Waals surface area contributed by atoms with Gasteiger partial charge in [0.15, 0.2) is 0 Å². The number of likely N-dealkylation sites (tertiary alicyclic amines) is 1. The number of carbonyl (C=O) groups is 2. The summed E-state index contributed by atoms with van der Waals surface area (Å²) in [6, 6.07) is 15.1. The average Bonchev–Trinajstić information content (AvgIpc) is 3.23. The Kier molecular flexibility index (Phi) is 8.09. The van der Waals surface area contributed by atoms with Crippen molar-refractivity contribution in [1.29, 1.82) is 0 Å². The number of carbonyl (C=O) groups excluding carboxylic acids is 2. The second-order valence-electron chi connectivity index (χ2n) is 9.72. The molecule has 0 aliphatic carbocycles. The van der Waals surface area contributed by atoms with Crippen LogP contribution in [0, 0.1) is 5.82 Å².